The zero-order chi connectivity index (χ0) is 18.6. The molecule has 140 valence electrons. The molecule has 1 aliphatic heterocycles. The first-order valence-electron chi connectivity index (χ1n) is 8.78. The lowest BCUT2D eigenvalue weighted by Crippen LogP contribution is -2.44. The fraction of sp³-hybridized carbons (Fsp3) is 0.400. The van der Waals surface area contributed by atoms with E-state index in [0.29, 0.717) is 12.2 Å². The Labute approximate surface area is 151 Å². The number of benzene rings is 2. The number of para-hydroxylation sites is 1. The van der Waals surface area contributed by atoms with E-state index < -0.39 is 12.8 Å². The van der Waals surface area contributed by atoms with E-state index in [1.807, 2.05) is 35.3 Å². The minimum atomic E-state index is -4.35. The van der Waals surface area contributed by atoms with Crippen molar-refractivity contribution in [3.8, 4) is 5.75 Å². The van der Waals surface area contributed by atoms with Crippen molar-refractivity contribution in [2.75, 3.05) is 13.2 Å². The third-order valence-electron chi connectivity index (χ3n) is 4.78. The van der Waals surface area contributed by atoms with Gasteiger partial charge in [-0.3, -0.25) is 5.84 Å². The Morgan fingerprint density at radius 2 is 1.73 bits per heavy atom. The predicted molar refractivity (Wildman–Crippen MR) is 94.5 cm³/mol. The minimum Gasteiger partial charge on any atom is -0.484 e. The molecule has 0 unspecified atom stereocenters. The number of halogens is 3. The molecule has 2 aromatic carbocycles. The number of piperidine rings is 1. The molecule has 6 heteroatoms. The summed E-state index contributed by atoms with van der Waals surface area (Å²) < 4.78 is 42.6. The molecule has 0 amide bonds. The zero-order valence-corrected chi connectivity index (χ0v) is 14.5. The van der Waals surface area contributed by atoms with Crippen LogP contribution < -0.4 is 10.6 Å². The number of nitrogens with two attached hydrogens (primary N) is 1. The Kier molecular flexibility index (Phi) is 5.84. The van der Waals surface area contributed by atoms with E-state index in [1.54, 1.807) is 12.1 Å². The highest BCUT2D eigenvalue weighted by Gasteiger charge is 2.32. The average molecular weight is 364 g/mol. The molecule has 26 heavy (non-hydrogen) atoms. The number of hydrazine groups is 1. The van der Waals surface area contributed by atoms with Crippen LogP contribution in [0.4, 0.5) is 13.2 Å². The minimum absolute atomic E-state index is 0.0422. The summed E-state index contributed by atoms with van der Waals surface area (Å²) in [5.41, 5.74) is 1.92. The summed E-state index contributed by atoms with van der Waals surface area (Å²) in [6.45, 7) is -0.470. The van der Waals surface area contributed by atoms with Crippen molar-refractivity contribution >= 4 is 0 Å². The van der Waals surface area contributed by atoms with E-state index in [4.69, 9.17) is 10.6 Å². The molecule has 2 atom stereocenters. The Hall–Kier alpha value is -2.05. The molecule has 3 nitrogen and oxygen atoms in total. The molecule has 0 aliphatic carbocycles. The van der Waals surface area contributed by atoms with Crippen LogP contribution in [0, 0.1) is 5.92 Å². The van der Waals surface area contributed by atoms with Gasteiger partial charge in [0, 0.05) is 6.54 Å². The Morgan fingerprint density at radius 1 is 1.04 bits per heavy atom. The van der Waals surface area contributed by atoms with Gasteiger partial charge >= 0.3 is 6.18 Å². The SMILES string of the molecule is NN1CCC[C@@H](Cc2ccccc2OCC(F)(F)F)[C@H]1c1ccccc1. The van der Waals surface area contributed by atoms with E-state index in [9.17, 15) is 13.2 Å². The highest BCUT2D eigenvalue weighted by atomic mass is 19.4. The molecular weight excluding hydrogens is 341 g/mol. The molecule has 1 heterocycles. The number of rotatable bonds is 5. The van der Waals surface area contributed by atoms with E-state index in [1.165, 1.54) is 0 Å². The summed E-state index contributed by atoms with van der Waals surface area (Å²) in [5.74, 6) is 6.77. The van der Waals surface area contributed by atoms with Crippen LogP contribution in [-0.4, -0.2) is 24.3 Å². The maximum Gasteiger partial charge on any atom is 0.422 e. The summed E-state index contributed by atoms with van der Waals surface area (Å²) in [4.78, 5) is 0. The number of nitrogens with zero attached hydrogens (tertiary/aromatic N) is 1. The van der Waals surface area contributed by atoms with Crippen LogP contribution in [0.2, 0.25) is 0 Å². The molecule has 0 spiro atoms. The monoisotopic (exact) mass is 364 g/mol. The molecular formula is C20H23F3N2O. The first kappa shape index (κ1) is 18.7. The quantitative estimate of drug-likeness (QED) is 0.794. The smallest absolute Gasteiger partial charge is 0.422 e. The van der Waals surface area contributed by atoms with Crippen molar-refractivity contribution in [2.24, 2.45) is 11.8 Å². The van der Waals surface area contributed by atoms with Gasteiger partial charge in [0.2, 0.25) is 0 Å². The van der Waals surface area contributed by atoms with Crippen molar-refractivity contribution in [1.82, 2.24) is 5.01 Å². The van der Waals surface area contributed by atoms with Gasteiger partial charge in [-0.1, -0.05) is 48.5 Å². The van der Waals surface area contributed by atoms with E-state index >= 15 is 0 Å². The van der Waals surface area contributed by atoms with Crippen LogP contribution in [-0.2, 0) is 6.42 Å². The number of ether oxygens (including phenoxy) is 1. The van der Waals surface area contributed by atoms with E-state index in [2.05, 4.69) is 12.1 Å². The lowest BCUT2D eigenvalue weighted by molar-refractivity contribution is -0.153. The van der Waals surface area contributed by atoms with Gasteiger partial charge in [-0.2, -0.15) is 13.2 Å². The van der Waals surface area contributed by atoms with Gasteiger partial charge in [0.25, 0.3) is 0 Å². The average Bonchev–Trinajstić information content (AvgIpc) is 2.61. The van der Waals surface area contributed by atoms with Crippen molar-refractivity contribution in [3.63, 3.8) is 0 Å². The summed E-state index contributed by atoms with van der Waals surface area (Å²) in [5, 5.41) is 1.85. The van der Waals surface area contributed by atoms with Crippen LogP contribution in [0.1, 0.15) is 30.0 Å². The molecule has 1 fully saturated rings. The van der Waals surface area contributed by atoms with Crippen LogP contribution in [0.5, 0.6) is 5.75 Å². The molecule has 2 N–H and O–H groups in total. The molecule has 1 saturated heterocycles. The van der Waals surface area contributed by atoms with Gasteiger partial charge in [0.05, 0.1) is 6.04 Å². The molecule has 0 bridgehead atoms. The molecule has 0 radical (unpaired) electrons. The number of hydrogen-bond acceptors (Lipinski definition) is 3. The fourth-order valence-electron chi connectivity index (χ4n) is 3.69. The number of hydrogen-bond donors (Lipinski definition) is 1. The Bertz CT molecular complexity index is 706. The maximum absolute atomic E-state index is 12.5. The lowest BCUT2D eigenvalue weighted by Gasteiger charge is -2.39. The van der Waals surface area contributed by atoms with Crippen LogP contribution in [0.3, 0.4) is 0 Å². The Morgan fingerprint density at radius 3 is 2.46 bits per heavy atom. The van der Waals surface area contributed by atoms with Crippen LogP contribution in [0.25, 0.3) is 0 Å². The topological polar surface area (TPSA) is 38.5 Å². The van der Waals surface area contributed by atoms with E-state index in [-0.39, 0.29) is 12.0 Å². The summed E-state index contributed by atoms with van der Waals surface area (Å²) in [6.07, 6.45) is -1.78. The first-order valence-corrected chi connectivity index (χ1v) is 8.78. The first-order chi connectivity index (χ1) is 12.4. The van der Waals surface area contributed by atoms with Crippen molar-refractivity contribution in [1.29, 1.82) is 0 Å². The lowest BCUT2D eigenvalue weighted by atomic mass is 9.81. The number of alkyl halides is 3. The van der Waals surface area contributed by atoms with Gasteiger partial charge in [-0.05, 0) is 42.4 Å². The van der Waals surface area contributed by atoms with Crippen LogP contribution in [0.15, 0.2) is 54.6 Å². The van der Waals surface area contributed by atoms with Gasteiger partial charge in [-0.15, -0.1) is 0 Å². The largest absolute Gasteiger partial charge is 0.484 e. The highest BCUT2D eigenvalue weighted by Crippen LogP contribution is 2.37. The maximum atomic E-state index is 12.5. The molecule has 0 saturated carbocycles. The van der Waals surface area contributed by atoms with Gasteiger partial charge in [0.15, 0.2) is 6.61 Å². The molecule has 1 aliphatic rings. The standard InChI is InChI=1S/C20H23F3N2O/c21-20(22,23)14-26-18-11-5-4-9-16(18)13-17-10-6-12-25(24)19(17)15-7-2-1-3-8-15/h1-5,7-9,11,17,19H,6,10,12-14,24H2/t17-,19+/m0/s1. The summed E-state index contributed by atoms with van der Waals surface area (Å²) >= 11 is 0. The highest BCUT2D eigenvalue weighted by molar-refractivity contribution is 5.34. The van der Waals surface area contributed by atoms with Gasteiger partial charge < -0.3 is 4.74 Å². The second-order valence-corrected chi connectivity index (χ2v) is 6.71. The fourth-order valence-corrected chi connectivity index (χ4v) is 3.69. The van der Waals surface area contributed by atoms with Crippen molar-refractivity contribution < 1.29 is 17.9 Å². The van der Waals surface area contributed by atoms with Crippen molar-refractivity contribution in [3.05, 3.63) is 65.7 Å². The summed E-state index contributed by atoms with van der Waals surface area (Å²) in [7, 11) is 0. The predicted octanol–water partition coefficient (Wildman–Crippen LogP) is 4.50. The molecule has 3 rings (SSSR count). The molecule has 0 aromatic heterocycles. The normalized spacial score (nSPS) is 21.5. The van der Waals surface area contributed by atoms with Gasteiger partial charge in [0.1, 0.15) is 5.75 Å². The van der Waals surface area contributed by atoms with Gasteiger partial charge in [-0.25, -0.2) is 5.01 Å². The van der Waals surface area contributed by atoms with E-state index in [0.717, 1.165) is 30.5 Å². The third kappa shape index (κ3) is 4.77. The zero-order valence-electron chi connectivity index (χ0n) is 14.5. The van der Waals surface area contributed by atoms with Crippen LogP contribution >= 0.6 is 0 Å². The second-order valence-electron chi connectivity index (χ2n) is 6.71. The third-order valence-corrected chi connectivity index (χ3v) is 4.78. The summed E-state index contributed by atoms with van der Waals surface area (Å²) in [6, 6.07) is 17.0. The second kappa shape index (κ2) is 8.10. The van der Waals surface area contributed by atoms with Crippen molar-refractivity contribution in [2.45, 2.75) is 31.5 Å². The molecule has 2 aromatic rings. The Balaban J connectivity index is 1.80.